The molecule has 0 spiro atoms. The van der Waals surface area contributed by atoms with Gasteiger partial charge in [0, 0.05) is 12.4 Å². The maximum Gasteiger partial charge on any atom is 0.326 e. The highest BCUT2D eigenvalue weighted by Gasteiger charge is 2.23. The predicted molar refractivity (Wildman–Crippen MR) is 105 cm³/mol. The summed E-state index contributed by atoms with van der Waals surface area (Å²) < 4.78 is 0. The second kappa shape index (κ2) is 11.2. The van der Waals surface area contributed by atoms with Gasteiger partial charge in [0.15, 0.2) is 0 Å². The van der Waals surface area contributed by atoms with Gasteiger partial charge in [-0.25, -0.2) is 9.59 Å². The van der Waals surface area contributed by atoms with Gasteiger partial charge >= 0.3 is 11.9 Å². The summed E-state index contributed by atoms with van der Waals surface area (Å²) in [6.45, 7) is 0. The van der Waals surface area contributed by atoms with E-state index in [0.717, 1.165) is 0 Å². The van der Waals surface area contributed by atoms with Crippen LogP contribution < -0.4 is 10.6 Å². The van der Waals surface area contributed by atoms with Crippen molar-refractivity contribution in [2.24, 2.45) is 0 Å². The van der Waals surface area contributed by atoms with Crippen LogP contribution in [0.4, 0.5) is 0 Å². The molecule has 158 valence electrons. The summed E-state index contributed by atoms with van der Waals surface area (Å²) in [5.74, 6) is -3.60. The molecular weight excluding hydrogens is 392 g/mol. The number of carboxylic acids is 2. The van der Waals surface area contributed by atoms with Crippen LogP contribution in [0.1, 0.15) is 46.7 Å². The Morgan fingerprint density at radius 1 is 0.733 bits per heavy atom. The number of rotatable bonds is 11. The Bertz CT molecular complexity index is 802. The van der Waals surface area contributed by atoms with Gasteiger partial charge < -0.3 is 20.8 Å². The summed E-state index contributed by atoms with van der Waals surface area (Å²) in [6, 6.07) is 7.17. The number of carbonyl (C=O) groups is 4. The molecule has 0 aliphatic rings. The van der Waals surface area contributed by atoms with Crippen molar-refractivity contribution in [2.45, 2.75) is 37.8 Å². The van der Waals surface area contributed by atoms with E-state index in [4.69, 9.17) is 0 Å². The number of aromatic nitrogens is 2. The summed E-state index contributed by atoms with van der Waals surface area (Å²) >= 11 is 0. The molecule has 30 heavy (non-hydrogen) atoms. The van der Waals surface area contributed by atoms with E-state index in [2.05, 4.69) is 20.6 Å². The van der Waals surface area contributed by atoms with Crippen molar-refractivity contribution >= 4 is 23.8 Å². The average molecular weight is 414 g/mol. The lowest BCUT2D eigenvalue weighted by molar-refractivity contribution is -0.140. The highest BCUT2D eigenvalue weighted by molar-refractivity contribution is 5.95. The molecule has 0 bridgehead atoms. The first-order chi connectivity index (χ1) is 14.4. The first-order valence-corrected chi connectivity index (χ1v) is 9.28. The number of nitrogens with zero attached hydrogens (tertiary/aromatic N) is 2. The molecule has 2 heterocycles. The van der Waals surface area contributed by atoms with E-state index >= 15 is 0 Å². The van der Waals surface area contributed by atoms with Crippen LogP contribution in [0, 0.1) is 0 Å². The fourth-order valence-corrected chi connectivity index (χ4v) is 2.67. The van der Waals surface area contributed by atoms with Crippen molar-refractivity contribution in [3.05, 3.63) is 60.2 Å². The average Bonchev–Trinajstić information content (AvgIpc) is 2.75. The van der Waals surface area contributed by atoms with Crippen LogP contribution in [0.5, 0.6) is 0 Å². The van der Waals surface area contributed by atoms with Crippen molar-refractivity contribution in [3.8, 4) is 0 Å². The zero-order chi connectivity index (χ0) is 21.9. The third kappa shape index (κ3) is 6.97. The molecule has 10 nitrogen and oxygen atoms in total. The van der Waals surface area contributed by atoms with Crippen LogP contribution in [0.3, 0.4) is 0 Å². The molecule has 0 aliphatic heterocycles. The number of nitrogens with one attached hydrogen (secondary N) is 2. The maximum atomic E-state index is 12.1. The van der Waals surface area contributed by atoms with E-state index in [-0.39, 0.29) is 24.2 Å². The van der Waals surface area contributed by atoms with Crippen LogP contribution in [0.25, 0.3) is 0 Å². The molecule has 2 amide bonds. The molecule has 0 saturated heterocycles. The van der Waals surface area contributed by atoms with Gasteiger partial charge in [0.2, 0.25) is 0 Å². The van der Waals surface area contributed by atoms with Crippen LogP contribution in [0.15, 0.2) is 48.8 Å². The number of hydrogen-bond donors (Lipinski definition) is 4. The van der Waals surface area contributed by atoms with Crippen molar-refractivity contribution in [1.82, 2.24) is 20.6 Å². The second-order valence-electron chi connectivity index (χ2n) is 6.44. The number of hydrogen-bond acceptors (Lipinski definition) is 6. The number of carbonyl (C=O) groups excluding carboxylic acids is 2. The first kappa shape index (κ1) is 22.5. The number of aliphatic carboxylic acids is 2. The molecule has 10 heteroatoms. The number of carboxylic acid groups (broad SMARTS) is 2. The fraction of sp³-hybridized carbons (Fsp3) is 0.300. The monoisotopic (exact) mass is 414 g/mol. The molecule has 0 radical (unpaired) electrons. The third-order valence-electron chi connectivity index (χ3n) is 4.24. The maximum absolute atomic E-state index is 12.1. The molecule has 4 N–H and O–H groups in total. The van der Waals surface area contributed by atoms with Gasteiger partial charge in [0.05, 0.1) is 0 Å². The first-order valence-electron chi connectivity index (χ1n) is 9.28. The van der Waals surface area contributed by atoms with Crippen molar-refractivity contribution in [1.29, 1.82) is 0 Å². The second-order valence-corrected chi connectivity index (χ2v) is 6.44. The van der Waals surface area contributed by atoms with E-state index < -0.39 is 35.8 Å². The summed E-state index contributed by atoms with van der Waals surface area (Å²) in [7, 11) is 0. The summed E-state index contributed by atoms with van der Waals surface area (Å²) in [5, 5.41) is 23.4. The molecule has 0 saturated carbocycles. The molecule has 0 unspecified atom stereocenters. The number of amides is 2. The van der Waals surface area contributed by atoms with Gasteiger partial charge in [-0.05, 0) is 37.1 Å². The molecule has 0 aliphatic carbocycles. The van der Waals surface area contributed by atoms with E-state index in [1.165, 1.54) is 24.5 Å². The molecule has 2 aromatic heterocycles. The Hall–Kier alpha value is -3.82. The molecule has 2 rings (SSSR count). The highest BCUT2D eigenvalue weighted by atomic mass is 16.4. The Kier molecular flexibility index (Phi) is 8.42. The van der Waals surface area contributed by atoms with Crippen LogP contribution >= 0.6 is 0 Å². The quantitative estimate of drug-likeness (QED) is 0.398. The van der Waals surface area contributed by atoms with Gasteiger partial charge in [-0.3, -0.25) is 19.6 Å². The molecule has 0 fully saturated rings. The van der Waals surface area contributed by atoms with E-state index in [1.807, 2.05) is 0 Å². The zero-order valence-electron chi connectivity index (χ0n) is 16.0. The topological polar surface area (TPSA) is 159 Å². The van der Waals surface area contributed by atoms with E-state index in [0.29, 0.717) is 12.8 Å². The van der Waals surface area contributed by atoms with Crippen molar-refractivity contribution in [3.63, 3.8) is 0 Å². The number of unbranched alkanes of at least 4 members (excludes halogenated alkanes) is 1. The Balaban J connectivity index is 1.83. The van der Waals surface area contributed by atoms with E-state index in [9.17, 15) is 29.4 Å². The van der Waals surface area contributed by atoms with E-state index in [1.54, 1.807) is 24.3 Å². The zero-order valence-corrected chi connectivity index (χ0v) is 16.0. The summed E-state index contributed by atoms with van der Waals surface area (Å²) in [6.07, 6.45) is 3.74. The standard InChI is InChI=1S/C20H22N4O6/c25-17(13-7-3-5-11-21-13)23-15(19(27)28)9-1-2-10-16(20(29)30)24-18(26)14-8-4-6-12-22-14/h3-8,11-12,15-16H,1-2,9-10H2,(H,23,25)(H,24,26)(H,27,28)(H,29,30)/t15-,16-/m1/s1. The van der Waals surface area contributed by atoms with Crippen molar-refractivity contribution < 1.29 is 29.4 Å². The summed E-state index contributed by atoms with van der Waals surface area (Å²) in [5.41, 5.74) is 0.207. The third-order valence-corrected chi connectivity index (χ3v) is 4.24. The Morgan fingerprint density at radius 2 is 1.13 bits per heavy atom. The lowest BCUT2D eigenvalue weighted by Gasteiger charge is -2.16. The molecule has 2 aromatic rings. The predicted octanol–water partition coefficient (Wildman–Crippen LogP) is 1.10. The van der Waals surface area contributed by atoms with Crippen LogP contribution in [-0.4, -0.2) is 56.0 Å². The number of pyridine rings is 2. The van der Waals surface area contributed by atoms with Crippen LogP contribution in [-0.2, 0) is 9.59 Å². The Morgan fingerprint density at radius 3 is 1.43 bits per heavy atom. The lowest BCUT2D eigenvalue weighted by Crippen LogP contribution is -2.42. The van der Waals surface area contributed by atoms with Gasteiger partial charge in [-0.2, -0.15) is 0 Å². The van der Waals surface area contributed by atoms with Gasteiger partial charge in [0.25, 0.3) is 11.8 Å². The molecule has 2 atom stereocenters. The fourth-order valence-electron chi connectivity index (χ4n) is 2.67. The van der Waals surface area contributed by atoms with Gasteiger partial charge in [-0.1, -0.05) is 25.0 Å². The van der Waals surface area contributed by atoms with Gasteiger partial charge in [0.1, 0.15) is 23.5 Å². The highest BCUT2D eigenvalue weighted by Crippen LogP contribution is 2.09. The van der Waals surface area contributed by atoms with Crippen LogP contribution in [0.2, 0.25) is 0 Å². The largest absolute Gasteiger partial charge is 0.480 e. The van der Waals surface area contributed by atoms with Crippen molar-refractivity contribution in [2.75, 3.05) is 0 Å². The normalized spacial score (nSPS) is 12.4. The SMILES string of the molecule is O=C(N[C@H](CCCC[C@@H](NC(=O)c1ccccn1)C(=O)O)C(=O)O)c1ccccn1. The minimum Gasteiger partial charge on any atom is -0.480 e. The molecule has 0 aromatic carbocycles. The minimum atomic E-state index is -1.20. The minimum absolute atomic E-state index is 0.104. The lowest BCUT2D eigenvalue weighted by atomic mass is 10.0. The molecular formula is C20H22N4O6. The Labute approximate surface area is 172 Å². The van der Waals surface area contributed by atoms with Gasteiger partial charge in [-0.15, -0.1) is 0 Å². The summed E-state index contributed by atoms with van der Waals surface area (Å²) in [4.78, 5) is 54.7. The smallest absolute Gasteiger partial charge is 0.326 e.